The fourth-order valence-corrected chi connectivity index (χ4v) is 4.19. The Labute approximate surface area is 158 Å². The first-order chi connectivity index (χ1) is 12.9. The average Bonchev–Trinajstić information content (AvgIpc) is 3.39. The average molecular weight is 366 g/mol. The van der Waals surface area contributed by atoms with E-state index in [-0.39, 0.29) is 0 Å². The van der Waals surface area contributed by atoms with Crippen LogP contribution in [0.15, 0.2) is 54.2 Å². The lowest BCUT2D eigenvalue weighted by molar-refractivity contribution is 0.238. The SMILES string of the molecule is c1ccc([C@@H](CNCc2csc(-c3ncccn3)n2)N2CCCC2)cc1. The molecule has 4 rings (SSSR count). The lowest BCUT2D eigenvalue weighted by Gasteiger charge is -2.28. The number of nitrogens with zero attached hydrogens (tertiary/aromatic N) is 4. The smallest absolute Gasteiger partial charge is 0.188 e. The Morgan fingerprint density at radius 1 is 1.04 bits per heavy atom. The van der Waals surface area contributed by atoms with Crippen LogP contribution in [0.3, 0.4) is 0 Å². The molecule has 1 atom stereocenters. The molecule has 26 heavy (non-hydrogen) atoms. The first-order valence-corrected chi connectivity index (χ1v) is 9.99. The van der Waals surface area contributed by atoms with Crippen molar-refractivity contribution in [3.05, 3.63) is 65.4 Å². The Morgan fingerprint density at radius 3 is 2.58 bits per heavy atom. The molecule has 1 aliphatic heterocycles. The van der Waals surface area contributed by atoms with Crippen molar-refractivity contribution in [3.63, 3.8) is 0 Å². The predicted octanol–water partition coefficient (Wildman–Crippen LogP) is 3.53. The molecule has 1 aromatic carbocycles. The lowest BCUT2D eigenvalue weighted by atomic mass is 10.1. The molecule has 1 N–H and O–H groups in total. The second-order valence-corrected chi connectivity index (χ2v) is 7.37. The van der Waals surface area contributed by atoms with Crippen LogP contribution in [0.4, 0.5) is 0 Å². The maximum atomic E-state index is 4.67. The monoisotopic (exact) mass is 365 g/mol. The molecule has 1 aliphatic rings. The summed E-state index contributed by atoms with van der Waals surface area (Å²) in [5.74, 6) is 0.697. The van der Waals surface area contributed by atoms with Crippen molar-refractivity contribution in [2.24, 2.45) is 0 Å². The summed E-state index contributed by atoms with van der Waals surface area (Å²) in [5, 5.41) is 6.57. The standard InChI is InChI=1S/C20H23N5S/c1-2-7-16(8-3-1)18(25-11-4-5-12-25)14-21-13-17-15-26-20(24-17)19-22-9-6-10-23-19/h1-3,6-10,15,18,21H,4-5,11-14H2/t18-/m1/s1. The maximum absolute atomic E-state index is 4.67. The van der Waals surface area contributed by atoms with Crippen LogP contribution in [0.2, 0.25) is 0 Å². The number of hydrogen-bond donors (Lipinski definition) is 1. The molecule has 0 bridgehead atoms. The zero-order valence-electron chi connectivity index (χ0n) is 14.7. The van der Waals surface area contributed by atoms with Gasteiger partial charge in [-0.3, -0.25) is 4.90 Å². The molecule has 3 heterocycles. The van der Waals surface area contributed by atoms with Gasteiger partial charge < -0.3 is 5.32 Å². The number of aromatic nitrogens is 3. The van der Waals surface area contributed by atoms with Gasteiger partial charge in [0, 0.05) is 36.9 Å². The third-order valence-electron chi connectivity index (χ3n) is 4.72. The molecule has 1 fully saturated rings. The van der Waals surface area contributed by atoms with Crippen molar-refractivity contribution in [1.29, 1.82) is 0 Å². The highest BCUT2D eigenvalue weighted by molar-refractivity contribution is 7.13. The number of nitrogens with one attached hydrogen (secondary N) is 1. The Bertz CT molecular complexity index is 799. The van der Waals surface area contributed by atoms with Gasteiger partial charge in [0.15, 0.2) is 10.8 Å². The highest BCUT2D eigenvalue weighted by Crippen LogP contribution is 2.25. The molecule has 0 spiro atoms. The zero-order chi connectivity index (χ0) is 17.6. The van der Waals surface area contributed by atoms with E-state index in [1.807, 2.05) is 6.07 Å². The van der Waals surface area contributed by atoms with Gasteiger partial charge in [-0.25, -0.2) is 15.0 Å². The second kappa shape index (κ2) is 8.49. The number of benzene rings is 1. The first-order valence-electron chi connectivity index (χ1n) is 9.11. The molecular weight excluding hydrogens is 342 g/mol. The van der Waals surface area contributed by atoms with Gasteiger partial charge in [0.25, 0.3) is 0 Å². The van der Waals surface area contributed by atoms with Crippen molar-refractivity contribution in [1.82, 2.24) is 25.2 Å². The molecule has 0 saturated carbocycles. The highest BCUT2D eigenvalue weighted by Gasteiger charge is 2.23. The molecule has 134 valence electrons. The summed E-state index contributed by atoms with van der Waals surface area (Å²) in [4.78, 5) is 15.8. The summed E-state index contributed by atoms with van der Waals surface area (Å²) < 4.78 is 0. The van der Waals surface area contributed by atoms with Crippen molar-refractivity contribution >= 4 is 11.3 Å². The molecule has 2 aromatic heterocycles. The molecule has 5 nitrogen and oxygen atoms in total. The lowest BCUT2D eigenvalue weighted by Crippen LogP contribution is -2.34. The topological polar surface area (TPSA) is 53.9 Å². The molecule has 0 unspecified atom stereocenters. The molecule has 0 radical (unpaired) electrons. The van der Waals surface area contributed by atoms with Crippen LogP contribution in [0.5, 0.6) is 0 Å². The fraction of sp³-hybridized carbons (Fsp3) is 0.350. The zero-order valence-corrected chi connectivity index (χ0v) is 15.5. The molecule has 3 aromatic rings. The predicted molar refractivity (Wildman–Crippen MR) is 105 cm³/mol. The summed E-state index contributed by atoms with van der Waals surface area (Å²) in [5.41, 5.74) is 2.43. The van der Waals surface area contributed by atoms with E-state index in [1.165, 1.54) is 31.5 Å². The van der Waals surface area contributed by atoms with E-state index in [4.69, 9.17) is 0 Å². The minimum absolute atomic E-state index is 0.425. The van der Waals surface area contributed by atoms with E-state index < -0.39 is 0 Å². The molecule has 6 heteroatoms. The first kappa shape index (κ1) is 17.3. The Balaban J connectivity index is 1.38. The third kappa shape index (κ3) is 4.15. The quantitative estimate of drug-likeness (QED) is 0.694. The second-order valence-electron chi connectivity index (χ2n) is 6.52. The van der Waals surface area contributed by atoms with Crippen LogP contribution in [-0.2, 0) is 6.54 Å². The molecule has 0 amide bonds. The Kier molecular flexibility index (Phi) is 5.64. The van der Waals surface area contributed by atoms with E-state index in [0.29, 0.717) is 11.9 Å². The van der Waals surface area contributed by atoms with Crippen LogP contribution in [0.25, 0.3) is 10.8 Å². The minimum atomic E-state index is 0.425. The number of likely N-dealkylation sites (tertiary alicyclic amines) is 1. The van der Waals surface area contributed by atoms with Gasteiger partial charge in [0.2, 0.25) is 0 Å². The highest BCUT2D eigenvalue weighted by atomic mass is 32.1. The Hall–Kier alpha value is -2.15. The summed E-state index contributed by atoms with van der Waals surface area (Å²) >= 11 is 1.60. The summed E-state index contributed by atoms with van der Waals surface area (Å²) in [7, 11) is 0. The summed E-state index contributed by atoms with van der Waals surface area (Å²) in [6.45, 7) is 4.07. The van der Waals surface area contributed by atoms with Crippen LogP contribution in [-0.4, -0.2) is 39.5 Å². The molecular formula is C20H23N5S. The summed E-state index contributed by atoms with van der Waals surface area (Å²) in [6, 6.07) is 13.1. The van der Waals surface area contributed by atoms with Gasteiger partial charge in [-0.2, -0.15) is 0 Å². The van der Waals surface area contributed by atoms with E-state index in [1.54, 1.807) is 23.7 Å². The van der Waals surface area contributed by atoms with Crippen molar-refractivity contribution < 1.29 is 0 Å². The fourth-order valence-electron chi connectivity index (χ4n) is 3.42. The summed E-state index contributed by atoms with van der Waals surface area (Å²) in [6.07, 6.45) is 6.11. The number of thiazole rings is 1. The van der Waals surface area contributed by atoms with E-state index in [9.17, 15) is 0 Å². The van der Waals surface area contributed by atoms with Gasteiger partial charge in [-0.15, -0.1) is 11.3 Å². The van der Waals surface area contributed by atoms with Gasteiger partial charge in [-0.05, 0) is 37.6 Å². The van der Waals surface area contributed by atoms with Crippen LogP contribution in [0, 0.1) is 0 Å². The normalized spacial score (nSPS) is 16.0. The van der Waals surface area contributed by atoms with Crippen molar-refractivity contribution in [3.8, 4) is 10.8 Å². The van der Waals surface area contributed by atoms with Crippen molar-refractivity contribution in [2.75, 3.05) is 19.6 Å². The van der Waals surface area contributed by atoms with Crippen LogP contribution in [0.1, 0.15) is 30.1 Å². The number of hydrogen-bond acceptors (Lipinski definition) is 6. The van der Waals surface area contributed by atoms with Gasteiger partial charge >= 0.3 is 0 Å². The maximum Gasteiger partial charge on any atom is 0.188 e. The van der Waals surface area contributed by atoms with Gasteiger partial charge in [0.05, 0.1) is 5.69 Å². The van der Waals surface area contributed by atoms with E-state index in [2.05, 4.69) is 60.9 Å². The van der Waals surface area contributed by atoms with Gasteiger partial charge in [0.1, 0.15) is 0 Å². The number of rotatable bonds is 7. The minimum Gasteiger partial charge on any atom is -0.309 e. The Morgan fingerprint density at radius 2 is 1.81 bits per heavy atom. The largest absolute Gasteiger partial charge is 0.309 e. The van der Waals surface area contributed by atoms with Crippen LogP contribution >= 0.6 is 11.3 Å². The third-order valence-corrected chi connectivity index (χ3v) is 5.61. The van der Waals surface area contributed by atoms with Crippen LogP contribution < -0.4 is 5.32 Å². The molecule has 0 aliphatic carbocycles. The van der Waals surface area contributed by atoms with E-state index >= 15 is 0 Å². The van der Waals surface area contributed by atoms with Gasteiger partial charge in [-0.1, -0.05) is 30.3 Å². The van der Waals surface area contributed by atoms with Crippen molar-refractivity contribution in [2.45, 2.75) is 25.4 Å². The van der Waals surface area contributed by atoms with E-state index in [0.717, 1.165) is 23.8 Å². The molecule has 1 saturated heterocycles.